The van der Waals surface area contributed by atoms with E-state index in [1.165, 1.54) is 0 Å². The van der Waals surface area contributed by atoms with E-state index in [1.54, 1.807) is 7.11 Å². The monoisotopic (exact) mass is 318 g/mol. The van der Waals surface area contributed by atoms with Crippen molar-refractivity contribution in [2.75, 3.05) is 32.2 Å². The van der Waals surface area contributed by atoms with Crippen LogP contribution in [0.4, 0.5) is 5.82 Å². The molecule has 7 heteroatoms. The van der Waals surface area contributed by atoms with Crippen molar-refractivity contribution < 1.29 is 14.3 Å². The van der Waals surface area contributed by atoms with Gasteiger partial charge in [0.2, 0.25) is 0 Å². The molecule has 0 unspecified atom stereocenters. The van der Waals surface area contributed by atoms with Gasteiger partial charge in [-0.1, -0.05) is 0 Å². The van der Waals surface area contributed by atoms with Gasteiger partial charge >= 0.3 is 0 Å². The minimum Gasteiger partial charge on any atom is -0.379 e. The minimum atomic E-state index is -0.0890. The highest BCUT2D eigenvalue weighted by Gasteiger charge is 2.33. The molecule has 4 rings (SSSR count). The number of hydrogen-bond donors (Lipinski definition) is 2. The SMILES string of the molecule is CO[C@H]1COCC[C@@H]1Nc1nc(C2CC2)nc2c1CCNC2=O. The lowest BCUT2D eigenvalue weighted by atomic mass is 10.0. The van der Waals surface area contributed by atoms with Crippen molar-refractivity contribution in [3.05, 3.63) is 17.1 Å². The van der Waals surface area contributed by atoms with Crippen LogP contribution in [-0.2, 0) is 15.9 Å². The summed E-state index contributed by atoms with van der Waals surface area (Å²) >= 11 is 0. The first-order valence-corrected chi connectivity index (χ1v) is 8.32. The van der Waals surface area contributed by atoms with Crippen LogP contribution in [0, 0.1) is 0 Å². The number of amides is 1. The summed E-state index contributed by atoms with van der Waals surface area (Å²) in [6.45, 7) is 1.92. The number of anilines is 1. The van der Waals surface area contributed by atoms with E-state index in [0.29, 0.717) is 31.4 Å². The number of aromatic nitrogens is 2. The number of rotatable bonds is 4. The molecule has 2 atom stereocenters. The third kappa shape index (κ3) is 2.90. The standard InChI is InChI=1S/C16H22N4O3/c1-22-12-8-23-7-5-11(12)18-15-10-4-6-17-16(21)13(10)19-14(20-15)9-2-3-9/h9,11-12H,2-8H2,1H3,(H,17,21)(H,18,19,20)/t11-,12-/m0/s1. The summed E-state index contributed by atoms with van der Waals surface area (Å²) in [6, 6.07) is 0.143. The second-order valence-corrected chi connectivity index (χ2v) is 6.43. The highest BCUT2D eigenvalue weighted by Crippen LogP contribution is 2.39. The molecule has 2 aliphatic heterocycles. The predicted octanol–water partition coefficient (Wildman–Crippen LogP) is 0.856. The first-order chi connectivity index (χ1) is 11.3. The number of ether oxygens (including phenoxy) is 2. The molecule has 2 N–H and O–H groups in total. The third-order valence-electron chi connectivity index (χ3n) is 4.77. The second-order valence-electron chi connectivity index (χ2n) is 6.43. The summed E-state index contributed by atoms with van der Waals surface area (Å²) in [5.41, 5.74) is 1.47. The zero-order valence-electron chi connectivity index (χ0n) is 13.3. The molecule has 1 amide bonds. The zero-order chi connectivity index (χ0) is 15.8. The zero-order valence-corrected chi connectivity index (χ0v) is 13.3. The van der Waals surface area contributed by atoms with Gasteiger partial charge in [0.1, 0.15) is 23.4 Å². The van der Waals surface area contributed by atoms with Crippen LogP contribution in [0.2, 0.25) is 0 Å². The molecule has 0 spiro atoms. The van der Waals surface area contributed by atoms with Gasteiger partial charge in [0.25, 0.3) is 5.91 Å². The molecular formula is C16H22N4O3. The lowest BCUT2D eigenvalue weighted by Gasteiger charge is -2.32. The first-order valence-electron chi connectivity index (χ1n) is 8.32. The van der Waals surface area contributed by atoms with Crippen molar-refractivity contribution in [2.24, 2.45) is 0 Å². The molecule has 7 nitrogen and oxygen atoms in total. The Kier molecular flexibility index (Phi) is 3.90. The van der Waals surface area contributed by atoms with Gasteiger partial charge in [0.15, 0.2) is 0 Å². The van der Waals surface area contributed by atoms with E-state index in [-0.39, 0.29) is 18.1 Å². The molecule has 3 heterocycles. The van der Waals surface area contributed by atoms with Crippen LogP contribution < -0.4 is 10.6 Å². The smallest absolute Gasteiger partial charge is 0.270 e. The number of fused-ring (bicyclic) bond motifs is 1. The molecule has 0 bridgehead atoms. The van der Waals surface area contributed by atoms with Crippen molar-refractivity contribution in [3.63, 3.8) is 0 Å². The Morgan fingerprint density at radius 2 is 2.17 bits per heavy atom. The fraction of sp³-hybridized carbons (Fsp3) is 0.688. The van der Waals surface area contributed by atoms with Gasteiger partial charge in [0.05, 0.1) is 12.6 Å². The average Bonchev–Trinajstić information content (AvgIpc) is 3.41. The third-order valence-corrected chi connectivity index (χ3v) is 4.77. The van der Waals surface area contributed by atoms with E-state index in [1.807, 2.05) is 0 Å². The summed E-state index contributed by atoms with van der Waals surface area (Å²) in [5.74, 6) is 1.92. The van der Waals surface area contributed by atoms with Crippen LogP contribution in [0.25, 0.3) is 0 Å². The van der Waals surface area contributed by atoms with E-state index in [9.17, 15) is 4.79 Å². The molecule has 1 aromatic rings. The van der Waals surface area contributed by atoms with Gasteiger partial charge in [-0.15, -0.1) is 0 Å². The molecular weight excluding hydrogens is 296 g/mol. The van der Waals surface area contributed by atoms with Crippen LogP contribution in [0.1, 0.15) is 47.1 Å². The number of carbonyl (C=O) groups excluding carboxylic acids is 1. The molecule has 23 heavy (non-hydrogen) atoms. The van der Waals surface area contributed by atoms with E-state index in [0.717, 1.165) is 42.9 Å². The summed E-state index contributed by atoms with van der Waals surface area (Å²) in [5, 5.41) is 6.39. The highest BCUT2D eigenvalue weighted by molar-refractivity contribution is 5.96. The molecule has 2 fully saturated rings. The molecule has 3 aliphatic rings. The number of nitrogens with one attached hydrogen (secondary N) is 2. The maximum Gasteiger partial charge on any atom is 0.270 e. The lowest BCUT2D eigenvalue weighted by molar-refractivity contribution is -0.0367. The van der Waals surface area contributed by atoms with Crippen molar-refractivity contribution >= 4 is 11.7 Å². The Balaban J connectivity index is 1.67. The number of methoxy groups -OCH3 is 1. The molecule has 1 saturated heterocycles. The predicted molar refractivity (Wildman–Crippen MR) is 83.7 cm³/mol. The largest absolute Gasteiger partial charge is 0.379 e. The topological polar surface area (TPSA) is 85.4 Å². The Morgan fingerprint density at radius 3 is 2.96 bits per heavy atom. The normalized spacial score (nSPS) is 27.3. The van der Waals surface area contributed by atoms with Gasteiger partial charge in [-0.3, -0.25) is 4.79 Å². The summed E-state index contributed by atoms with van der Waals surface area (Å²) in [4.78, 5) is 21.4. The maximum absolute atomic E-state index is 12.2. The lowest BCUT2D eigenvalue weighted by Crippen LogP contribution is -2.44. The molecule has 0 aromatic carbocycles. The average molecular weight is 318 g/mol. The van der Waals surface area contributed by atoms with Gasteiger partial charge in [-0.2, -0.15) is 0 Å². The van der Waals surface area contributed by atoms with Crippen molar-refractivity contribution in [3.8, 4) is 0 Å². The maximum atomic E-state index is 12.2. The summed E-state index contributed by atoms with van der Waals surface area (Å²) < 4.78 is 11.0. The molecule has 0 radical (unpaired) electrons. The number of nitrogens with zero attached hydrogens (tertiary/aromatic N) is 2. The Morgan fingerprint density at radius 1 is 1.30 bits per heavy atom. The van der Waals surface area contributed by atoms with Crippen LogP contribution in [-0.4, -0.2) is 54.9 Å². The fourth-order valence-electron chi connectivity index (χ4n) is 3.24. The minimum absolute atomic E-state index is 0.00356. The van der Waals surface area contributed by atoms with Crippen LogP contribution in [0.3, 0.4) is 0 Å². The number of carbonyl (C=O) groups is 1. The summed E-state index contributed by atoms with van der Waals surface area (Å²) in [7, 11) is 1.70. The highest BCUT2D eigenvalue weighted by atomic mass is 16.5. The van der Waals surface area contributed by atoms with Crippen molar-refractivity contribution in [1.82, 2.24) is 15.3 Å². The van der Waals surface area contributed by atoms with E-state index in [2.05, 4.69) is 15.6 Å². The summed E-state index contributed by atoms with van der Waals surface area (Å²) in [6.07, 6.45) is 3.84. The van der Waals surface area contributed by atoms with Crippen molar-refractivity contribution in [1.29, 1.82) is 0 Å². The first kappa shape index (κ1) is 14.8. The van der Waals surface area contributed by atoms with E-state index < -0.39 is 0 Å². The number of hydrogen-bond acceptors (Lipinski definition) is 6. The van der Waals surface area contributed by atoms with Gasteiger partial charge in [0, 0.05) is 31.7 Å². The Hall–Kier alpha value is -1.73. The van der Waals surface area contributed by atoms with Crippen molar-refractivity contribution in [2.45, 2.75) is 43.7 Å². The van der Waals surface area contributed by atoms with Gasteiger partial charge < -0.3 is 20.1 Å². The van der Waals surface area contributed by atoms with Gasteiger partial charge in [-0.05, 0) is 25.7 Å². The van der Waals surface area contributed by atoms with Crippen LogP contribution in [0.5, 0.6) is 0 Å². The Labute approximate surface area is 135 Å². The van der Waals surface area contributed by atoms with E-state index >= 15 is 0 Å². The van der Waals surface area contributed by atoms with Crippen LogP contribution in [0.15, 0.2) is 0 Å². The fourth-order valence-corrected chi connectivity index (χ4v) is 3.24. The molecule has 124 valence electrons. The molecule has 1 aromatic heterocycles. The Bertz CT molecular complexity index is 618. The quantitative estimate of drug-likeness (QED) is 0.856. The molecule has 1 saturated carbocycles. The second kappa shape index (κ2) is 6.05. The van der Waals surface area contributed by atoms with E-state index in [4.69, 9.17) is 14.5 Å². The van der Waals surface area contributed by atoms with Gasteiger partial charge in [-0.25, -0.2) is 9.97 Å². The molecule has 1 aliphatic carbocycles. The van der Waals surface area contributed by atoms with Crippen LogP contribution >= 0.6 is 0 Å².